The Kier molecular flexibility index (Phi) is 2.82. The minimum Gasteiger partial charge on any atom is -0.367 e. The predicted molar refractivity (Wildman–Crippen MR) is 74.9 cm³/mol. The molecule has 1 saturated heterocycles. The zero-order chi connectivity index (χ0) is 14.5. The molecule has 7 heteroatoms. The highest BCUT2D eigenvalue weighted by atomic mass is 32.2. The summed E-state index contributed by atoms with van der Waals surface area (Å²) in [6, 6.07) is 4.97. The Morgan fingerprint density at radius 1 is 1.30 bits per heavy atom. The molecule has 1 aromatic rings. The van der Waals surface area contributed by atoms with Crippen LogP contribution in [-0.2, 0) is 14.6 Å². The molecule has 1 atom stereocenters. The number of rotatable bonds is 1. The number of carbonyl (C=O) groups is 2. The maximum Gasteiger partial charge on any atom is 0.296 e. The summed E-state index contributed by atoms with van der Waals surface area (Å²) in [4.78, 5) is 24.8. The quantitative estimate of drug-likeness (QED) is 0.760. The number of amides is 1. The van der Waals surface area contributed by atoms with Crippen LogP contribution >= 0.6 is 0 Å². The molecule has 0 aliphatic carbocycles. The lowest BCUT2D eigenvalue weighted by Gasteiger charge is -2.35. The maximum absolute atomic E-state index is 11.6. The molecule has 6 nitrogen and oxygen atoms in total. The van der Waals surface area contributed by atoms with Gasteiger partial charge in [0, 0.05) is 18.3 Å². The van der Waals surface area contributed by atoms with E-state index >= 15 is 0 Å². The number of hydrogen-bond acceptors (Lipinski definition) is 5. The van der Waals surface area contributed by atoms with Crippen molar-refractivity contribution >= 4 is 32.9 Å². The van der Waals surface area contributed by atoms with Gasteiger partial charge >= 0.3 is 0 Å². The summed E-state index contributed by atoms with van der Waals surface area (Å²) in [5, 5.41) is 2.52. The van der Waals surface area contributed by atoms with Crippen LogP contribution in [0.1, 0.15) is 17.3 Å². The normalized spacial score (nSPS) is 24.4. The molecule has 0 radical (unpaired) electrons. The van der Waals surface area contributed by atoms with Gasteiger partial charge in [-0.25, -0.2) is 8.42 Å². The van der Waals surface area contributed by atoms with Crippen molar-refractivity contribution < 1.29 is 18.0 Å². The summed E-state index contributed by atoms with van der Waals surface area (Å²) in [7, 11) is -2.97. The summed E-state index contributed by atoms with van der Waals surface area (Å²) in [6.45, 7) is 2.28. The lowest BCUT2D eigenvalue weighted by atomic mass is 10.1. The van der Waals surface area contributed by atoms with Crippen LogP contribution in [0.25, 0.3) is 0 Å². The van der Waals surface area contributed by atoms with E-state index in [2.05, 4.69) is 5.32 Å². The first-order chi connectivity index (χ1) is 9.37. The second kappa shape index (κ2) is 4.31. The number of nitrogens with zero attached hydrogens (tertiary/aromatic N) is 1. The van der Waals surface area contributed by atoms with Crippen molar-refractivity contribution in [2.75, 3.05) is 28.3 Å². The second-order valence-electron chi connectivity index (χ2n) is 5.17. The van der Waals surface area contributed by atoms with E-state index in [4.69, 9.17) is 0 Å². The van der Waals surface area contributed by atoms with Crippen molar-refractivity contribution in [2.24, 2.45) is 0 Å². The summed E-state index contributed by atoms with van der Waals surface area (Å²) in [6.07, 6.45) is 0. The fourth-order valence-corrected chi connectivity index (χ4v) is 4.25. The zero-order valence-electron chi connectivity index (χ0n) is 10.9. The van der Waals surface area contributed by atoms with Gasteiger partial charge in [-0.05, 0) is 25.1 Å². The number of hydrogen-bond donors (Lipinski definition) is 1. The molecular formula is C13H14N2O4S. The number of nitrogens with one attached hydrogen (secondary N) is 1. The van der Waals surface area contributed by atoms with Gasteiger partial charge in [0.2, 0.25) is 0 Å². The molecule has 106 valence electrons. The van der Waals surface area contributed by atoms with Crippen molar-refractivity contribution in [1.82, 2.24) is 0 Å². The average molecular weight is 294 g/mol. The first-order valence-corrected chi connectivity index (χ1v) is 8.16. The van der Waals surface area contributed by atoms with Crippen molar-refractivity contribution in [3.63, 3.8) is 0 Å². The molecule has 1 aromatic carbocycles. The van der Waals surface area contributed by atoms with E-state index in [0.717, 1.165) is 5.69 Å². The average Bonchev–Trinajstić information content (AvgIpc) is 2.63. The first-order valence-electron chi connectivity index (χ1n) is 6.34. The van der Waals surface area contributed by atoms with Crippen LogP contribution in [0, 0.1) is 0 Å². The summed E-state index contributed by atoms with van der Waals surface area (Å²) in [5.74, 6) is -0.901. The molecule has 2 aliphatic heterocycles. The van der Waals surface area contributed by atoms with E-state index < -0.39 is 21.5 Å². The van der Waals surface area contributed by atoms with Crippen LogP contribution in [0.5, 0.6) is 0 Å². The fourth-order valence-electron chi connectivity index (χ4n) is 2.70. The van der Waals surface area contributed by atoms with Gasteiger partial charge in [-0.1, -0.05) is 0 Å². The van der Waals surface area contributed by atoms with Crippen molar-refractivity contribution in [3.05, 3.63) is 23.8 Å². The summed E-state index contributed by atoms with van der Waals surface area (Å²) in [5.41, 5.74) is 1.69. The Morgan fingerprint density at radius 3 is 2.75 bits per heavy atom. The molecule has 1 N–H and O–H groups in total. The highest BCUT2D eigenvalue weighted by Gasteiger charge is 2.31. The van der Waals surface area contributed by atoms with E-state index in [1.165, 1.54) is 0 Å². The van der Waals surface area contributed by atoms with Crippen LogP contribution < -0.4 is 10.2 Å². The van der Waals surface area contributed by atoms with Gasteiger partial charge in [-0.3, -0.25) is 9.59 Å². The predicted octanol–water partition coefficient (Wildman–Crippen LogP) is 0.445. The van der Waals surface area contributed by atoms with E-state index in [9.17, 15) is 18.0 Å². The van der Waals surface area contributed by atoms with Crippen LogP contribution in [0.4, 0.5) is 11.4 Å². The fraction of sp³-hybridized carbons (Fsp3) is 0.385. The van der Waals surface area contributed by atoms with Crippen LogP contribution in [0.15, 0.2) is 18.2 Å². The molecule has 2 aliphatic rings. The molecule has 1 amide bonds. The third kappa shape index (κ3) is 2.07. The van der Waals surface area contributed by atoms with E-state index in [-0.39, 0.29) is 17.5 Å². The zero-order valence-corrected chi connectivity index (χ0v) is 11.7. The molecule has 0 saturated carbocycles. The molecule has 3 rings (SSSR count). The molecular weight excluding hydrogens is 280 g/mol. The Labute approximate surface area is 116 Å². The Balaban J connectivity index is 1.92. The van der Waals surface area contributed by atoms with Crippen LogP contribution in [0.3, 0.4) is 0 Å². The Morgan fingerprint density at radius 2 is 2.05 bits per heavy atom. The number of fused-ring (bicyclic) bond motifs is 1. The molecule has 1 unspecified atom stereocenters. The van der Waals surface area contributed by atoms with E-state index in [1.807, 2.05) is 11.8 Å². The third-order valence-corrected chi connectivity index (χ3v) is 5.50. The van der Waals surface area contributed by atoms with Crippen molar-refractivity contribution in [2.45, 2.75) is 13.0 Å². The number of anilines is 2. The SMILES string of the molecule is CC1CS(=O)(=O)CCN1c1ccc2c(c1)NC(=O)C2=O. The Bertz CT molecular complexity index is 711. The van der Waals surface area contributed by atoms with Gasteiger partial charge in [0.05, 0.1) is 22.8 Å². The van der Waals surface area contributed by atoms with E-state index in [0.29, 0.717) is 17.8 Å². The maximum atomic E-state index is 11.6. The number of Topliss-reactive ketones (excluding diaryl/α,β-unsaturated/α-hetero) is 1. The van der Waals surface area contributed by atoms with Crippen molar-refractivity contribution in [1.29, 1.82) is 0 Å². The molecule has 0 spiro atoms. The van der Waals surface area contributed by atoms with Gasteiger partial charge in [-0.15, -0.1) is 0 Å². The van der Waals surface area contributed by atoms with Gasteiger partial charge in [0.15, 0.2) is 9.84 Å². The van der Waals surface area contributed by atoms with Crippen LogP contribution in [0.2, 0.25) is 0 Å². The number of ketones is 1. The van der Waals surface area contributed by atoms with Gasteiger partial charge in [0.1, 0.15) is 0 Å². The lowest BCUT2D eigenvalue weighted by Crippen LogP contribution is -2.47. The monoisotopic (exact) mass is 294 g/mol. The molecule has 0 bridgehead atoms. The number of sulfone groups is 1. The van der Waals surface area contributed by atoms with Gasteiger partial charge < -0.3 is 10.2 Å². The minimum absolute atomic E-state index is 0.120. The molecule has 1 fully saturated rings. The van der Waals surface area contributed by atoms with Crippen molar-refractivity contribution in [3.8, 4) is 0 Å². The third-order valence-electron chi connectivity index (χ3n) is 3.70. The van der Waals surface area contributed by atoms with Crippen LogP contribution in [-0.4, -0.2) is 44.2 Å². The molecule has 0 aromatic heterocycles. The second-order valence-corrected chi connectivity index (χ2v) is 7.40. The number of carbonyl (C=O) groups excluding carboxylic acids is 2. The lowest BCUT2D eigenvalue weighted by molar-refractivity contribution is -0.112. The molecule has 2 heterocycles. The smallest absolute Gasteiger partial charge is 0.296 e. The van der Waals surface area contributed by atoms with E-state index in [1.54, 1.807) is 18.2 Å². The first kappa shape index (κ1) is 13.1. The number of benzene rings is 1. The minimum atomic E-state index is -2.97. The van der Waals surface area contributed by atoms with Gasteiger partial charge in [0.25, 0.3) is 11.7 Å². The Hall–Kier alpha value is -1.89. The highest BCUT2D eigenvalue weighted by Crippen LogP contribution is 2.30. The standard InChI is InChI=1S/C13H14N2O4S/c1-8-7-20(18,19)5-4-15(8)9-2-3-10-11(6-9)14-13(17)12(10)16/h2-3,6,8H,4-5,7H2,1H3,(H,14,16,17). The summed E-state index contributed by atoms with van der Waals surface area (Å²) >= 11 is 0. The molecule has 20 heavy (non-hydrogen) atoms. The van der Waals surface area contributed by atoms with Gasteiger partial charge in [-0.2, -0.15) is 0 Å². The largest absolute Gasteiger partial charge is 0.367 e. The summed E-state index contributed by atoms with van der Waals surface area (Å²) < 4.78 is 23.2. The topological polar surface area (TPSA) is 83.6 Å². The highest BCUT2D eigenvalue weighted by molar-refractivity contribution is 7.91.